The average Bonchev–Trinajstić information content (AvgIpc) is 3.08. The number of hydrogen-bond acceptors (Lipinski definition) is 3. The summed E-state index contributed by atoms with van der Waals surface area (Å²) in [7, 11) is 0. The van der Waals surface area contributed by atoms with Crippen LogP contribution in [0.1, 0.15) is 56.3 Å². The van der Waals surface area contributed by atoms with Crippen molar-refractivity contribution in [3.05, 3.63) is 15.9 Å². The minimum absolute atomic E-state index is 0.00984. The maximum Gasteiger partial charge on any atom is 0.436 e. The van der Waals surface area contributed by atoms with Crippen molar-refractivity contribution in [1.82, 2.24) is 15.1 Å². The normalized spacial score (nSPS) is 22.2. The van der Waals surface area contributed by atoms with Crippen molar-refractivity contribution in [2.45, 2.75) is 69.8 Å². The highest BCUT2D eigenvalue weighted by Gasteiger charge is 2.41. The Morgan fingerprint density at radius 2 is 2.16 bits per heavy atom. The third kappa shape index (κ3) is 4.36. The van der Waals surface area contributed by atoms with Crippen molar-refractivity contribution in [2.24, 2.45) is 0 Å². The molecule has 2 atom stereocenters. The van der Waals surface area contributed by atoms with Crippen LogP contribution in [0.25, 0.3) is 0 Å². The van der Waals surface area contributed by atoms with E-state index in [2.05, 4.69) is 26.3 Å². The summed E-state index contributed by atoms with van der Waals surface area (Å²) in [5.74, 6) is -0.114. The second-order valence-corrected chi connectivity index (χ2v) is 7.49. The Hall–Kier alpha value is -1.09. The van der Waals surface area contributed by atoms with Crippen LogP contribution >= 0.6 is 15.9 Å². The van der Waals surface area contributed by atoms with E-state index in [0.29, 0.717) is 12.3 Å². The fraction of sp³-hybridized carbons (Fsp3) is 0.750. The zero-order valence-electron chi connectivity index (χ0n) is 13.9. The number of nitrogens with one attached hydrogen (secondary N) is 1. The molecule has 25 heavy (non-hydrogen) atoms. The van der Waals surface area contributed by atoms with Gasteiger partial charge in [-0.05, 0) is 48.5 Å². The van der Waals surface area contributed by atoms with E-state index in [1.807, 2.05) is 6.92 Å². The van der Waals surface area contributed by atoms with Gasteiger partial charge in [-0.3, -0.25) is 9.48 Å². The van der Waals surface area contributed by atoms with Gasteiger partial charge in [-0.2, -0.15) is 18.3 Å². The van der Waals surface area contributed by atoms with E-state index in [1.165, 1.54) is 4.68 Å². The van der Waals surface area contributed by atoms with Gasteiger partial charge >= 0.3 is 6.18 Å². The summed E-state index contributed by atoms with van der Waals surface area (Å²) >= 11 is 3.05. The molecular weight excluding hydrogens is 403 g/mol. The van der Waals surface area contributed by atoms with Crippen molar-refractivity contribution in [3.63, 3.8) is 0 Å². The number of hydrogen-bond donors (Lipinski definition) is 1. The first-order valence-corrected chi connectivity index (χ1v) is 9.31. The zero-order chi connectivity index (χ0) is 18.2. The fourth-order valence-corrected chi connectivity index (χ4v) is 4.01. The Morgan fingerprint density at radius 1 is 1.44 bits per heavy atom. The molecule has 0 unspecified atom stereocenters. The number of amides is 1. The molecule has 1 aromatic heterocycles. The van der Waals surface area contributed by atoms with Gasteiger partial charge in [0.1, 0.15) is 0 Å². The Balaban J connectivity index is 1.63. The van der Waals surface area contributed by atoms with Gasteiger partial charge in [0.2, 0.25) is 5.91 Å². The number of aromatic nitrogens is 2. The summed E-state index contributed by atoms with van der Waals surface area (Å²) in [6.45, 7) is 2.72. The van der Waals surface area contributed by atoms with E-state index in [4.69, 9.17) is 4.74 Å². The highest BCUT2D eigenvalue weighted by molar-refractivity contribution is 9.10. The molecule has 1 amide bonds. The molecule has 2 aliphatic rings. The number of rotatable bonds is 6. The molecule has 2 fully saturated rings. The predicted octanol–water partition coefficient (Wildman–Crippen LogP) is 3.62. The highest BCUT2D eigenvalue weighted by atomic mass is 79.9. The number of halogens is 4. The number of carbonyl (C=O) groups excluding carboxylic acids is 1. The minimum Gasteiger partial charge on any atom is -0.376 e. The lowest BCUT2D eigenvalue weighted by Crippen LogP contribution is -2.41. The summed E-state index contributed by atoms with van der Waals surface area (Å²) in [5, 5.41) is 6.58. The SMILES string of the molecule is C[C@@H](NC(=O)CCn1nc(C(F)(F)F)c(Br)c1C1CC1)[C@@H]1CCCO1. The van der Waals surface area contributed by atoms with Gasteiger partial charge in [0.15, 0.2) is 5.69 Å². The maximum atomic E-state index is 13.1. The monoisotopic (exact) mass is 423 g/mol. The van der Waals surface area contributed by atoms with Crippen LogP contribution in [0.3, 0.4) is 0 Å². The number of carbonyl (C=O) groups is 1. The molecule has 5 nitrogen and oxygen atoms in total. The van der Waals surface area contributed by atoms with Gasteiger partial charge in [-0.1, -0.05) is 0 Å². The molecule has 0 bridgehead atoms. The molecule has 140 valence electrons. The summed E-state index contributed by atoms with van der Waals surface area (Å²) in [4.78, 5) is 12.1. The number of ether oxygens (including phenoxy) is 1. The van der Waals surface area contributed by atoms with Crippen LogP contribution in [-0.2, 0) is 22.3 Å². The first-order valence-electron chi connectivity index (χ1n) is 8.51. The number of nitrogens with zero attached hydrogens (tertiary/aromatic N) is 2. The lowest BCUT2D eigenvalue weighted by molar-refractivity contribution is -0.142. The van der Waals surface area contributed by atoms with E-state index in [9.17, 15) is 18.0 Å². The maximum absolute atomic E-state index is 13.1. The molecule has 1 N–H and O–H groups in total. The molecule has 0 spiro atoms. The Morgan fingerprint density at radius 3 is 2.72 bits per heavy atom. The van der Waals surface area contributed by atoms with Crippen LogP contribution in [0.2, 0.25) is 0 Å². The van der Waals surface area contributed by atoms with Crippen LogP contribution < -0.4 is 5.32 Å². The van der Waals surface area contributed by atoms with Gasteiger partial charge in [0.05, 0.1) is 28.9 Å². The second-order valence-electron chi connectivity index (χ2n) is 6.70. The number of alkyl halides is 3. The second kappa shape index (κ2) is 7.26. The molecule has 1 aliphatic carbocycles. The van der Waals surface area contributed by atoms with Crippen LogP contribution in [0, 0.1) is 0 Å². The minimum atomic E-state index is -4.51. The fourth-order valence-electron chi connectivity index (χ4n) is 3.17. The molecule has 1 saturated heterocycles. The Labute approximate surface area is 152 Å². The average molecular weight is 424 g/mol. The standard InChI is InChI=1S/C16H21BrF3N3O2/c1-9(11-3-2-8-25-11)21-12(24)6-7-23-14(10-4-5-10)13(17)15(22-23)16(18,19)20/h9-11H,2-8H2,1H3,(H,21,24)/t9-,11+/m1/s1. The summed E-state index contributed by atoms with van der Waals surface area (Å²) in [6.07, 6.45) is -0.812. The smallest absolute Gasteiger partial charge is 0.376 e. The molecule has 3 rings (SSSR count). The van der Waals surface area contributed by atoms with Crippen molar-refractivity contribution >= 4 is 21.8 Å². The van der Waals surface area contributed by atoms with Gasteiger partial charge in [0.25, 0.3) is 0 Å². The van der Waals surface area contributed by atoms with Gasteiger partial charge < -0.3 is 10.1 Å². The van der Waals surface area contributed by atoms with Crippen LogP contribution in [0.5, 0.6) is 0 Å². The van der Waals surface area contributed by atoms with E-state index < -0.39 is 11.9 Å². The molecule has 1 saturated carbocycles. The Bertz CT molecular complexity index is 637. The molecule has 0 radical (unpaired) electrons. The van der Waals surface area contributed by atoms with E-state index in [-0.39, 0.29) is 41.4 Å². The van der Waals surface area contributed by atoms with Crippen molar-refractivity contribution in [3.8, 4) is 0 Å². The molecule has 9 heteroatoms. The van der Waals surface area contributed by atoms with Gasteiger partial charge in [-0.15, -0.1) is 0 Å². The molecule has 1 aliphatic heterocycles. The number of aryl methyl sites for hydroxylation is 1. The third-order valence-electron chi connectivity index (χ3n) is 4.63. The van der Waals surface area contributed by atoms with Crippen LogP contribution in [0.15, 0.2) is 4.47 Å². The lowest BCUT2D eigenvalue weighted by Gasteiger charge is -2.20. The Kier molecular flexibility index (Phi) is 5.43. The first kappa shape index (κ1) is 18.7. The zero-order valence-corrected chi connectivity index (χ0v) is 15.5. The largest absolute Gasteiger partial charge is 0.436 e. The van der Waals surface area contributed by atoms with E-state index in [1.54, 1.807) is 0 Å². The predicted molar refractivity (Wildman–Crippen MR) is 88.1 cm³/mol. The van der Waals surface area contributed by atoms with Crippen LogP contribution in [0.4, 0.5) is 13.2 Å². The molecular formula is C16H21BrF3N3O2. The topological polar surface area (TPSA) is 56.2 Å². The van der Waals surface area contributed by atoms with E-state index >= 15 is 0 Å². The molecule has 2 heterocycles. The van der Waals surface area contributed by atoms with Crippen molar-refractivity contribution in [2.75, 3.05) is 6.61 Å². The molecule has 0 aromatic carbocycles. The van der Waals surface area contributed by atoms with Gasteiger partial charge in [-0.25, -0.2) is 0 Å². The highest BCUT2D eigenvalue weighted by Crippen LogP contribution is 2.47. The quantitative estimate of drug-likeness (QED) is 0.759. The van der Waals surface area contributed by atoms with Crippen molar-refractivity contribution < 1.29 is 22.7 Å². The summed E-state index contributed by atoms with van der Waals surface area (Å²) in [5.41, 5.74) is -0.366. The molecule has 1 aromatic rings. The van der Waals surface area contributed by atoms with Crippen LogP contribution in [-0.4, -0.2) is 34.4 Å². The van der Waals surface area contributed by atoms with E-state index in [0.717, 1.165) is 25.7 Å². The van der Waals surface area contributed by atoms with Crippen molar-refractivity contribution in [1.29, 1.82) is 0 Å². The third-order valence-corrected chi connectivity index (χ3v) is 5.41. The summed E-state index contributed by atoms with van der Waals surface area (Å²) < 4.78 is 46.1. The summed E-state index contributed by atoms with van der Waals surface area (Å²) in [6, 6.07) is -0.104. The first-order chi connectivity index (χ1) is 11.8. The van der Waals surface area contributed by atoms with Gasteiger partial charge in [0, 0.05) is 18.9 Å². The lowest BCUT2D eigenvalue weighted by atomic mass is 10.1.